The molecule has 0 radical (unpaired) electrons. The summed E-state index contributed by atoms with van der Waals surface area (Å²) in [5.74, 6) is 1.07. The highest BCUT2D eigenvalue weighted by atomic mass is 35.5. The van der Waals surface area contributed by atoms with Crippen molar-refractivity contribution in [2.75, 3.05) is 33.0 Å². The zero-order valence-corrected chi connectivity index (χ0v) is 14.6. The van der Waals surface area contributed by atoms with Gasteiger partial charge in [0.2, 0.25) is 6.79 Å². The van der Waals surface area contributed by atoms with Crippen LogP contribution >= 0.6 is 11.6 Å². The summed E-state index contributed by atoms with van der Waals surface area (Å²) in [6.45, 7) is 4.52. The average molecular weight is 360 g/mol. The Kier molecular flexibility index (Phi) is 4.51. The van der Waals surface area contributed by atoms with Crippen molar-refractivity contribution in [3.05, 3.63) is 58.6 Å². The number of nitrogens with zero attached hydrogens (tertiary/aromatic N) is 1. The third-order valence-corrected chi connectivity index (χ3v) is 5.01. The Morgan fingerprint density at radius 3 is 2.64 bits per heavy atom. The van der Waals surface area contributed by atoms with Crippen LogP contribution in [0.25, 0.3) is 0 Å². The summed E-state index contributed by atoms with van der Waals surface area (Å²) in [5.41, 5.74) is 1.89. The van der Waals surface area contributed by atoms with E-state index in [1.165, 1.54) is 10.5 Å². The van der Waals surface area contributed by atoms with Gasteiger partial charge >= 0.3 is 0 Å². The molecule has 0 aromatic heterocycles. The molecule has 0 aliphatic carbocycles. The number of piperazine rings is 1. The van der Waals surface area contributed by atoms with Crippen molar-refractivity contribution >= 4 is 17.5 Å². The molecule has 5 nitrogen and oxygen atoms in total. The number of hydrogen-bond acceptors (Lipinski definition) is 3. The topological polar surface area (TPSA) is 43.2 Å². The van der Waals surface area contributed by atoms with Gasteiger partial charge in [0.25, 0.3) is 5.91 Å². The minimum absolute atomic E-state index is 0.000962. The SMILES string of the molecule is O=C(c1cc(Cl)c2c(c1)OCO2)N1CC[NH+](Cc2ccccc2)CC1. The highest BCUT2D eigenvalue weighted by Crippen LogP contribution is 2.40. The summed E-state index contributed by atoms with van der Waals surface area (Å²) in [4.78, 5) is 16.2. The number of halogens is 1. The number of nitrogens with one attached hydrogen (secondary N) is 1. The molecule has 1 saturated heterocycles. The van der Waals surface area contributed by atoms with Crippen LogP contribution < -0.4 is 14.4 Å². The third-order valence-electron chi connectivity index (χ3n) is 4.73. The van der Waals surface area contributed by atoms with Gasteiger partial charge in [-0.05, 0) is 12.1 Å². The molecule has 1 fully saturated rings. The number of quaternary nitrogens is 1. The van der Waals surface area contributed by atoms with E-state index in [-0.39, 0.29) is 12.7 Å². The van der Waals surface area contributed by atoms with Crippen LogP contribution in [-0.4, -0.2) is 43.8 Å². The smallest absolute Gasteiger partial charge is 0.254 e. The Labute approximate surface area is 151 Å². The Balaban J connectivity index is 1.39. The van der Waals surface area contributed by atoms with Crippen molar-refractivity contribution in [1.82, 2.24) is 4.90 Å². The molecule has 25 heavy (non-hydrogen) atoms. The van der Waals surface area contributed by atoms with E-state index in [1.807, 2.05) is 11.0 Å². The zero-order chi connectivity index (χ0) is 17.2. The van der Waals surface area contributed by atoms with Gasteiger partial charge in [-0.1, -0.05) is 41.9 Å². The standard InChI is InChI=1S/C19H19ClN2O3/c20-16-10-15(11-17-18(16)25-13-24-17)19(23)22-8-6-21(7-9-22)12-14-4-2-1-3-5-14/h1-5,10-11H,6-9,12-13H2/p+1. The molecule has 2 aliphatic heterocycles. The second-order valence-corrected chi connectivity index (χ2v) is 6.80. The Bertz CT molecular complexity index is 774. The lowest BCUT2D eigenvalue weighted by Crippen LogP contribution is -3.13. The fourth-order valence-corrected chi connectivity index (χ4v) is 3.63. The predicted octanol–water partition coefficient (Wildman–Crippen LogP) is 1.61. The molecule has 0 atom stereocenters. The second-order valence-electron chi connectivity index (χ2n) is 6.40. The fraction of sp³-hybridized carbons (Fsp3) is 0.316. The largest absolute Gasteiger partial charge is 0.454 e. The summed E-state index contributed by atoms with van der Waals surface area (Å²) >= 11 is 6.19. The number of rotatable bonds is 3. The summed E-state index contributed by atoms with van der Waals surface area (Å²) in [5, 5.41) is 0.423. The molecule has 1 N–H and O–H groups in total. The first-order valence-corrected chi connectivity index (χ1v) is 8.84. The third kappa shape index (κ3) is 3.43. The van der Waals surface area contributed by atoms with E-state index < -0.39 is 0 Å². The quantitative estimate of drug-likeness (QED) is 0.905. The Morgan fingerprint density at radius 1 is 1.12 bits per heavy atom. The maximum absolute atomic E-state index is 12.8. The molecule has 0 saturated carbocycles. The number of fused-ring (bicyclic) bond motifs is 1. The van der Waals surface area contributed by atoms with Crippen LogP contribution in [0.1, 0.15) is 15.9 Å². The molecular formula is C19H20ClN2O3+. The Hall–Kier alpha value is -2.24. The molecular weight excluding hydrogens is 340 g/mol. The van der Waals surface area contributed by atoms with E-state index >= 15 is 0 Å². The molecule has 6 heteroatoms. The van der Waals surface area contributed by atoms with E-state index in [0.717, 1.165) is 32.7 Å². The first-order valence-electron chi connectivity index (χ1n) is 8.46. The molecule has 0 unspecified atom stereocenters. The van der Waals surface area contributed by atoms with Crippen LogP contribution in [0.5, 0.6) is 11.5 Å². The molecule has 0 spiro atoms. The second kappa shape index (κ2) is 6.94. The lowest BCUT2D eigenvalue weighted by molar-refractivity contribution is -0.917. The van der Waals surface area contributed by atoms with Crippen molar-refractivity contribution in [2.24, 2.45) is 0 Å². The van der Waals surface area contributed by atoms with Crippen molar-refractivity contribution in [2.45, 2.75) is 6.54 Å². The summed E-state index contributed by atoms with van der Waals surface area (Å²) in [7, 11) is 0. The number of hydrogen-bond donors (Lipinski definition) is 1. The fourth-order valence-electron chi connectivity index (χ4n) is 3.36. The first kappa shape index (κ1) is 16.2. The van der Waals surface area contributed by atoms with Crippen molar-refractivity contribution in [1.29, 1.82) is 0 Å². The van der Waals surface area contributed by atoms with Crippen LogP contribution in [-0.2, 0) is 6.54 Å². The van der Waals surface area contributed by atoms with Gasteiger partial charge in [0, 0.05) is 11.1 Å². The van der Waals surface area contributed by atoms with Gasteiger partial charge in [0.15, 0.2) is 11.5 Å². The van der Waals surface area contributed by atoms with Gasteiger partial charge in [-0.3, -0.25) is 4.79 Å². The highest BCUT2D eigenvalue weighted by Gasteiger charge is 2.27. The van der Waals surface area contributed by atoms with E-state index in [2.05, 4.69) is 24.3 Å². The number of benzene rings is 2. The molecule has 2 aromatic rings. The molecule has 1 amide bonds. The van der Waals surface area contributed by atoms with Gasteiger partial charge in [0.1, 0.15) is 6.54 Å². The van der Waals surface area contributed by atoms with Crippen LogP contribution in [0.3, 0.4) is 0 Å². The highest BCUT2D eigenvalue weighted by molar-refractivity contribution is 6.32. The van der Waals surface area contributed by atoms with Gasteiger partial charge in [-0.25, -0.2) is 0 Å². The average Bonchev–Trinajstić information content (AvgIpc) is 3.12. The van der Waals surface area contributed by atoms with Crippen molar-refractivity contribution in [3.63, 3.8) is 0 Å². The summed E-state index contributed by atoms with van der Waals surface area (Å²) in [6.07, 6.45) is 0. The minimum Gasteiger partial charge on any atom is -0.454 e. The molecule has 2 aliphatic rings. The van der Waals surface area contributed by atoms with Gasteiger partial charge in [-0.2, -0.15) is 0 Å². The first-order chi connectivity index (χ1) is 12.2. The minimum atomic E-state index is -0.000962. The number of ether oxygens (including phenoxy) is 2. The van der Waals surface area contributed by atoms with Crippen LogP contribution in [0.2, 0.25) is 5.02 Å². The zero-order valence-electron chi connectivity index (χ0n) is 13.8. The lowest BCUT2D eigenvalue weighted by atomic mass is 10.1. The maximum atomic E-state index is 12.8. The maximum Gasteiger partial charge on any atom is 0.254 e. The van der Waals surface area contributed by atoms with E-state index in [1.54, 1.807) is 12.1 Å². The molecule has 2 heterocycles. The van der Waals surface area contributed by atoms with Gasteiger partial charge in [0.05, 0.1) is 31.2 Å². The molecule has 0 bridgehead atoms. The van der Waals surface area contributed by atoms with Crippen molar-refractivity contribution in [3.8, 4) is 11.5 Å². The van der Waals surface area contributed by atoms with Crippen LogP contribution in [0.4, 0.5) is 0 Å². The monoisotopic (exact) mass is 359 g/mol. The summed E-state index contributed by atoms with van der Waals surface area (Å²) < 4.78 is 10.7. The number of carbonyl (C=O) groups excluding carboxylic acids is 1. The number of carbonyl (C=O) groups is 1. The van der Waals surface area contributed by atoms with Gasteiger partial charge in [-0.15, -0.1) is 0 Å². The Morgan fingerprint density at radius 2 is 1.88 bits per heavy atom. The molecule has 130 valence electrons. The molecule has 2 aromatic carbocycles. The van der Waals surface area contributed by atoms with Crippen LogP contribution in [0.15, 0.2) is 42.5 Å². The van der Waals surface area contributed by atoms with Gasteiger partial charge < -0.3 is 19.3 Å². The number of amides is 1. The molecule has 4 rings (SSSR count). The van der Waals surface area contributed by atoms with E-state index in [4.69, 9.17) is 21.1 Å². The lowest BCUT2D eigenvalue weighted by Gasteiger charge is -2.32. The summed E-state index contributed by atoms with van der Waals surface area (Å²) in [6, 6.07) is 13.9. The van der Waals surface area contributed by atoms with Crippen molar-refractivity contribution < 1.29 is 19.2 Å². The normalized spacial score (nSPS) is 16.9. The van der Waals surface area contributed by atoms with Crippen LogP contribution in [0, 0.1) is 0 Å². The predicted molar refractivity (Wildman–Crippen MR) is 94.3 cm³/mol. The van der Waals surface area contributed by atoms with E-state index in [0.29, 0.717) is 22.1 Å². The van der Waals surface area contributed by atoms with E-state index in [9.17, 15) is 4.79 Å².